The lowest BCUT2D eigenvalue weighted by Crippen LogP contribution is -2.31. The maximum Gasteiger partial charge on any atom is 0.229 e. The van der Waals surface area contributed by atoms with Crippen LogP contribution in [-0.2, 0) is 11.2 Å². The molecule has 4 rings (SSSR count). The zero-order valence-electron chi connectivity index (χ0n) is 16.4. The number of nitrogens with zero attached hydrogens (tertiary/aromatic N) is 4. The lowest BCUT2D eigenvalue weighted by atomic mass is 10.1. The van der Waals surface area contributed by atoms with Crippen LogP contribution in [0, 0.1) is 0 Å². The molecule has 0 aliphatic carbocycles. The number of aromatic nitrogens is 3. The Morgan fingerprint density at radius 1 is 1.21 bits per heavy atom. The minimum Gasteiger partial charge on any atom is -0.361 e. The van der Waals surface area contributed by atoms with Gasteiger partial charge in [-0.2, -0.15) is 4.98 Å². The number of hydrogen-bond donors (Lipinski definition) is 2. The summed E-state index contributed by atoms with van der Waals surface area (Å²) in [6.45, 7) is 1.97. The molecule has 146 valence electrons. The summed E-state index contributed by atoms with van der Waals surface area (Å²) in [5.41, 5.74) is 2.65. The molecule has 7 heteroatoms. The molecule has 1 saturated heterocycles. The molecule has 2 N–H and O–H groups in total. The summed E-state index contributed by atoms with van der Waals surface area (Å²) in [6.07, 6.45) is 7.52. The second-order valence-corrected chi connectivity index (χ2v) is 7.43. The Hall–Kier alpha value is -3.09. The Balaban J connectivity index is 1.52. The van der Waals surface area contributed by atoms with E-state index in [2.05, 4.69) is 20.2 Å². The van der Waals surface area contributed by atoms with Gasteiger partial charge in [-0.1, -0.05) is 18.2 Å². The van der Waals surface area contributed by atoms with Crippen LogP contribution in [0.3, 0.4) is 0 Å². The molecule has 1 aliphatic heterocycles. The van der Waals surface area contributed by atoms with Gasteiger partial charge in [-0.3, -0.25) is 4.79 Å². The van der Waals surface area contributed by atoms with Crippen molar-refractivity contribution >= 4 is 34.3 Å². The fraction of sp³-hybridized carbons (Fsp3) is 0.381. The molecule has 1 fully saturated rings. The third-order valence-corrected chi connectivity index (χ3v) is 5.12. The van der Waals surface area contributed by atoms with E-state index in [1.54, 1.807) is 6.20 Å². The molecule has 1 aromatic carbocycles. The number of hydrogen-bond acceptors (Lipinski definition) is 5. The number of nitrogens with one attached hydrogen (secondary N) is 2. The molecule has 0 bridgehead atoms. The minimum atomic E-state index is -0.0813. The van der Waals surface area contributed by atoms with E-state index in [-0.39, 0.29) is 5.91 Å². The number of H-pyrrole nitrogens is 1. The number of para-hydroxylation sites is 1. The highest BCUT2D eigenvalue weighted by molar-refractivity contribution is 5.97. The summed E-state index contributed by atoms with van der Waals surface area (Å²) >= 11 is 0. The Labute approximate surface area is 164 Å². The number of fused-ring (bicyclic) bond motifs is 1. The zero-order valence-corrected chi connectivity index (χ0v) is 16.4. The number of carbonyl (C=O) groups excluding carboxylic acids is 1. The van der Waals surface area contributed by atoms with Gasteiger partial charge in [0.1, 0.15) is 5.69 Å². The number of amides is 1. The normalized spacial score (nSPS) is 14.3. The van der Waals surface area contributed by atoms with E-state index >= 15 is 0 Å². The second kappa shape index (κ2) is 7.88. The van der Waals surface area contributed by atoms with Crippen molar-refractivity contribution in [3.8, 4) is 0 Å². The van der Waals surface area contributed by atoms with Gasteiger partial charge in [0.15, 0.2) is 5.82 Å². The lowest BCUT2D eigenvalue weighted by Gasteiger charge is -2.28. The van der Waals surface area contributed by atoms with Crippen molar-refractivity contribution in [3.05, 3.63) is 42.2 Å². The van der Waals surface area contributed by atoms with Gasteiger partial charge in [0.2, 0.25) is 11.9 Å². The van der Waals surface area contributed by atoms with Crippen LogP contribution in [-0.4, -0.2) is 48.0 Å². The number of anilines is 3. The van der Waals surface area contributed by atoms with Gasteiger partial charge >= 0.3 is 0 Å². The number of piperidine rings is 1. The van der Waals surface area contributed by atoms with Gasteiger partial charge in [0.05, 0.1) is 12.6 Å². The van der Waals surface area contributed by atoms with E-state index in [0.717, 1.165) is 41.3 Å². The standard InChI is InChI=1S/C21H26N6O/c1-26(2)20-18(14-23-21(25-20)27-10-6-3-7-11-27)24-19(28)12-15-13-22-17-9-5-4-8-16(15)17/h4-5,8-9,13-14,22H,3,6-7,10-12H2,1-2H3,(H,24,28). The highest BCUT2D eigenvalue weighted by Crippen LogP contribution is 2.26. The smallest absolute Gasteiger partial charge is 0.229 e. The van der Waals surface area contributed by atoms with Crippen molar-refractivity contribution < 1.29 is 4.79 Å². The quantitative estimate of drug-likeness (QED) is 0.713. The molecular formula is C21H26N6O. The van der Waals surface area contributed by atoms with Crippen LogP contribution in [0.15, 0.2) is 36.7 Å². The van der Waals surface area contributed by atoms with Crippen LogP contribution in [0.5, 0.6) is 0 Å². The summed E-state index contributed by atoms with van der Waals surface area (Å²) in [4.78, 5) is 29.2. The molecule has 1 aliphatic rings. The van der Waals surface area contributed by atoms with Gasteiger partial charge < -0.3 is 20.1 Å². The lowest BCUT2D eigenvalue weighted by molar-refractivity contribution is -0.115. The van der Waals surface area contributed by atoms with Crippen LogP contribution in [0.1, 0.15) is 24.8 Å². The molecule has 28 heavy (non-hydrogen) atoms. The molecule has 0 unspecified atom stereocenters. The fourth-order valence-electron chi connectivity index (χ4n) is 3.68. The average Bonchev–Trinajstić information content (AvgIpc) is 3.11. The Kier molecular flexibility index (Phi) is 5.14. The van der Waals surface area contributed by atoms with E-state index < -0.39 is 0 Å². The summed E-state index contributed by atoms with van der Waals surface area (Å²) < 4.78 is 0. The Bertz CT molecular complexity index is 974. The van der Waals surface area contributed by atoms with Crippen LogP contribution in [0.4, 0.5) is 17.5 Å². The molecule has 1 amide bonds. The number of rotatable bonds is 5. The molecule has 0 saturated carbocycles. The molecular weight excluding hydrogens is 352 g/mol. The maximum atomic E-state index is 12.7. The molecule has 0 atom stereocenters. The predicted molar refractivity (Wildman–Crippen MR) is 113 cm³/mol. The average molecular weight is 378 g/mol. The van der Waals surface area contributed by atoms with Crippen molar-refractivity contribution in [2.45, 2.75) is 25.7 Å². The molecule has 2 aromatic heterocycles. The first-order valence-corrected chi connectivity index (χ1v) is 9.76. The number of carbonyl (C=O) groups is 1. The number of aromatic amines is 1. The fourth-order valence-corrected chi connectivity index (χ4v) is 3.68. The first kappa shape index (κ1) is 18.3. The molecule has 0 spiro atoms. The first-order chi connectivity index (χ1) is 13.6. The molecule has 3 heterocycles. The van der Waals surface area contributed by atoms with Gasteiger partial charge in [-0.15, -0.1) is 0 Å². The first-order valence-electron chi connectivity index (χ1n) is 9.76. The SMILES string of the molecule is CN(C)c1nc(N2CCCCC2)ncc1NC(=O)Cc1c[nH]c2ccccc12. The predicted octanol–water partition coefficient (Wildman–Crippen LogP) is 3.20. The highest BCUT2D eigenvalue weighted by atomic mass is 16.1. The van der Waals surface area contributed by atoms with E-state index in [1.807, 2.05) is 49.5 Å². The second-order valence-electron chi connectivity index (χ2n) is 7.43. The molecule has 7 nitrogen and oxygen atoms in total. The van der Waals surface area contributed by atoms with Gasteiger partial charge in [0, 0.05) is 44.3 Å². The van der Waals surface area contributed by atoms with Gasteiger partial charge in [0.25, 0.3) is 0 Å². The van der Waals surface area contributed by atoms with E-state index in [1.165, 1.54) is 19.3 Å². The van der Waals surface area contributed by atoms with Crippen LogP contribution in [0.2, 0.25) is 0 Å². The third-order valence-electron chi connectivity index (χ3n) is 5.12. The summed E-state index contributed by atoms with van der Waals surface area (Å²) in [5.74, 6) is 1.38. The maximum absolute atomic E-state index is 12.7. The largest absolute Gasteiger partial charge is 0.361 e. The zero-order chi connectivity index (χ0) is 19.5. The van der Waals surface area contributed by atoms with Crippen molar-refractivity contribution in [2.75, 3.05) is 42.3 Å². The Morgan fingerprint density at radius 2 is 2.00 bits per heavy atom. The Morgan fingerprint density at radius 3 is 2.79 bits per heavy atom. The van der Waals surface area contributed by atoms with Crippen LogP contribution < -0.4 is 15.1 Å². The van der Waals surface area contributed by atoms with Gasteiger partial charge in [-0.05, 0) is 30.9 Å². The van der Waals surface area contributed by atoms with Gasteiger partial charge in [-0.25, -0.2) is 4.98 Å². The van der Waals surface area contributed by atoms with Crippen molar-refractivity contribution in [3.63, 3.8) is 0 Å². The number of benzene rings is 1. The van der Waals surface area contributed by atoms with E-state index in [4.69, 9.17) is 4.98 Å². The van der Waals surface area contributed by atoms with Crippen LogP contribution >= 0.6 is 0 Å². The monoisotopic (exact) mass is 378 g/mol. The summed E-state index contributed by atoms with van der Waals surface area (Å²) in [7, 11) is 3.86. The van der Waals surface area contributed by atoms with Crippen molar-refractivity contribution in [1.82, 2.24) is 15.0 Å². The minimum absolute atomic E-state index is 0.0813. The molecule has 3 aromatic rings. The summed E-state index contributed by atoms with van der Waals surface area (Å²) in [5, 5.41) is 4.06. The van der Waals surface area contributed by atoms with Crippen molar-refractivity contribution in [2.24, 2.45) is 0 Å². The van der Waals surface area contributed by atoms with E-state index in [9.17, 15) is 4.79 Å². The third kappa shape index (κ3) is 3.78. The topological polar surface area (TPSA) is 77.2 Å². The summed E-state index contributed by atoms with van der Waals surface area (Å²) in [6, 6.07) is 7.99. The van der Waals surface area contributed by atoms with Crippen molar-refractivity contribution in [1.29, 1.82) is 0 Å². The van der Waals surface area contributed by atoms with E-state index in [0.29, 0.717) is 12.1 Å². The van der Waals surface area contributed by atoms with Crippen LogP contribution in [0.25, 0.3) is 10.9 Å². The molecule has 0 radical (unpaired) electrons. The highest BCUT2D eigenvalue weighted by Gasteiger charge is 2.18.